The van der Waals surface area contributed by atoms with Crippen LogP contribution in [0.2, 0.25) is 5.02 Å². The van der Waals surface area contributed by atoms with Gasteiger partial charge >= 0.3 is 0 Å². The number of hydrogen-bond donors (Lipinski definition) is 1. The number of nitrogens with one attached hydrogen (secondary N) is 1. The molecule has 1 aromatic carbocycles. The summed E-state index contributed by atoms with van der Waals surface area (Å²) in [7, 11) is 0. The van der Waals surface area contributed by atoms with E-state index in [2.05, 4.69) is 22.9 Å². The Balaban J connectivity index is 2.09. The molecule has 1 atom stereocenters. The first-order valence-electron chi connectivity index (χ1n) is 6.68. The summed E-state index contributed by atoms with van der Waals surface area (Å²) in [5.74, 6) is 1.16. The number of aromatic nitrogens is 2. The highest BCUT2D eigenvalue weighted by Gasteiger charge is 2.21. The summed E-state index contributed by atoms with van der Waals surface area (Å²) in [6.07, 6.45) is 3.73. The number of aryl methyl sites for hydroxylation is 1. The fourth-order valence-electron chi connectivity index (χ4n) is 2.79. The number of imidazole rings is 1. The summed E-state index contributed by atoms with van der Waals surface area (Å²) in [5, 5.41) is 4.33. The number of rotatable bonds is 2. The number of piperidine rings is 1. The quantitative estimate of drug-likeness (QED) is 0.898. The first-order chi connectivity index (χ1) is 8.79. The van der Waals surface area contributed by atoms with Crippen molar-refractivity contribution in [3.63, 3.8) is 0 Å². The Morgan fingerprint density at radius 1 is 1.44 bits per heavy atom. The second-order valence-electron chi connectivity index (χ2n) is 4.85. The monoisotopic (exact) mass is 263 g/mol. The SMILES string of the molecule is CCn1c(C2CCCCN2)nc2cc(Cl)ccc21. The molecule has 0 aliphatic carbocycles. The number of fused-ring (bicyclic) bond motifs is 1. The van der Waals surface area contributed by atoms with Crippen molar-refractivity contribution in [2.45, 2.75) is 38.8 Å². The molecule has 1 aromatic heterocycles. The van der Waals surface area contributed by atoms with Crippen molar-refractivity contribution in [2.24, 2.45) is 0 Å². The molecule has 18 heavy (non-hydrogen) atoms. The lowest BCUT2D eigenvalue weighted by Crippen LogP contribution is -2.29. The summed E-state index contributed by atoms with van der Waals surface area (Å²) < 4.78 is 2.30. The van der Waals surface area contributed by atoms with Gasteiger partial charge in [-0.3, -0.25) is 0 Å². The van der Waals surface area contributed by atoms with Crippen LogP contribution in [0.25, 0.3) is 11.0 Å². The van der Waals surface area contributed by atoms with E-state index in [9.17, 15) is 0 Å². The maximum absolute atomic E-state index is 6.04. The maximum atomic E-state index is 6.04. The summed E-state index contributed by atoms with van der Waals surface area (Å²) in [5.41, 5.74) is 2.19. The molecular formula is C14H18ClN3. The van der Waals surface area contributed by atoms with Gasteiger partial charge in [0.2, 0.25) is 0 Å². The average molecular weight is 264 g/mol. The molecule has 3 nitrogen and oxygen atoms in total. The number of halogens is 1. The zero-order valence-corrected chi connectivity index (χ0v) is 11.4. The Kier molecular flexibility index (Phi) is 3.27. The van der Waals surface area contributed by atoms with Crippen LogP contribution in [0.1, 0.15) is 38.1 Å². The van der Waals surface area contributed by atoms with Gasteiger partial charge in [0.1, 0.15) is 5.82 Å². The van der Waals surface area contributed by atoms with Gasteiger partial charge in [0, 0.05) is 11.6 Å². The van der Waals surface area contributed by atoms with Crippen LogP contribution in [-0.4, -0.2) is 16.1 Å². The molecule has 0 radical (unpaired) electrons. The van der Waals surface area contributed by atoms with E-state index in [4.69, 9.17) is 16.6 Å². The summed E-state index contributed by atoms with van der Waals surface area (Å²) in [6.45, 7) is 4.21. The van der Waals surface area contributed by atoms with E-state index in [-0.39, 0.29) is 0 Å². The molecule has 4 heteroatoms. The molecule has 3 rings (SSSR count). The smallest absolute Gasteiger partial charge is 0.127 e. The van der Waals surface area contributed by atoms with Crippen molar-refractivity contribution in [3.8, 4) is 0 Å². The third-order valence-corrected chi connectivity index (χ3v) is 3.91. The predicted molar refractivity (Wildman–Crippen MR) is 75.0 cm³/mol. The zero-order chi connectivity index (χ0) is 12.5. The minimum Gasteiger partial charge on any atom is -0.327 e. The van der Waals surface area contributed by atoms with Gasteiger partial charge in [-0.1, -0.05) is 18.0 Å². The lowest BCUT2D eigenvalue weighted by atomic mass is 10.0. The van der Waals surface area contributed by atoms with E-state index in [1.165, 1.54) is 24.8 Å². The Morgan fingerprint density at radius 2 is 2.33 bits per heavy atom. The third kappa shape index (κ3) is 2.02. The lowest BCUT2D eigenvalue weighted by Gasteiger charge is -2.23. The van der Waals surface area contributed by atoms with E-state index < -0.39 is 0 Å². The summed E-state index contributed by atoms with van der Waals surface area (Å²) >= 11 is 6.04. The molecular weight excluding hydrogens is 246 g/mol. The number of hydrogen-bond acceptors (Lipinski definition) is 2. The molecule has 2 heterocycles. The van der Waals surface area contributed by atoms with E-state index >= 15 is 0 Å². The molecule has 0 bridgehead atoms. The largest absolute Gasteiger partial charge is 0.327 e. The molecule has 96 valence electrons. The van der Waals surface area contributed by atoms with Crippen molar-refractivity contribution in [1.82, 2.24) is 14.9 Å². The van der Waals surface area contributed by atoms with Crippen LogP contribution in [0.15, 0.2) is 18.2 Å². The molecule has 0 spiro atoms. The van der Waals surface area contributed by atoms with Gasteiger partial charge in [0.05, 0.1) is 17.1 Å². The fourth-order valence-corrected chi connectivity index (χ4v) is 2.96. The zero-order valence-electron chi connectivity index (χ0n) is 10.6. The van der Waals surface area contributed by atoms with Gasteiger partial charge < -0.3 is 9.88 Å². The number of nitrogens with zero attached hydrogens (tertiary/aromatic N) is 2. The molecule has 0 amide bonds. The highest BCUT2D eigenvalue weighted by Crippen LogP contribution is 2.27. The molecule has 1 aliphatic rings. The molecule has 1 fully saturated rings. The summed E-state index contributed by atoms with van der Waals surface area (Å²) in [6, 6.07) is 6.36. The van der Waals surface area contributed by atoms with Gasteiger partial charge in [-0.2, -0.15) is 0 Å². The van der Waals surface area contributed by atoms with E-state index in [0.717, 1.165) is 29.5 Å². The van der Waals surface area contributed by atoms with E-state index in [0.29, 0.717) is 6.04 Å². The normalized spacial score (nSPS) is 20.4. The van der Waals surface area contributed by atoms with Crippen molar-refractivity contribution in [3.05, 3.63) is 29.0 Å². The Morgan fingerprint density at radius 3 is 3.06 bits per heavy atom. The van der Waals surface area contributed by atoms with Crippen molar-refractivity contribution in [1.29, 1.82) is 0 Å². The molecule has 0 saturated carbocycles. The van der Waals surface area contributed by atoms with Gasteiger partial charge in [-0.05, 0) is 44.5 Å². The maximum Gasteiger partial charge on any atom is 0.127 e. The van der Waals surface area contributed by atoms with Gasteiger partial charge in [-0.15, -0.1) is 0 Å². The van der Waals surface area contributed by atoms with E-state index in [1.807, 2.05) is 12.1 Å². The molecule has 1 aliphatic heterocycles. The fraction of sp³-hybridized carbons (Fsp3) is 0.500. The van der Waals surface area contributed by atoms with Crippen molar-refractivity contribution in [2.75, 3.05) is 6.54 Å². The van der Waals surface area contributed by atoms with Crippen molar-refractivity contribution >= 4 is 22.6 Å². The Bertz CT molecular complexity index is 555. The minimum atomic E-state index is 0.393. The first-order valence-corrected chi connectivity index (χ1v) is 7.06. The first kappa shape index (κ1) is 12.0. The van der Waals surface area contributed by atoms with Crippen LogP contribution in [0, 0.1) is 0 Å². The summed E-state index contributed by atoms with van der Waals surface area (Å²) in [4.78, 5) is 4.78. The second kappa shape index (κ2) is 4.90. The minimum absolute atomic E-state index is 0.393. The van der Waals surface area contributed by atoms with Gasteiger partial charge in [0.25, 0.3) is 0 Å². The highest BCUT2D eigenvalue weighted by atomic mass is 35.5. The molecule has 1 saturated heterocycles. The van der Waals surface area contributed by atoms with Crippen LogP contribution in [0.3, 0.4) is 0 Å². The Labute approximate surface area is 112 Å². The molecule has 1 N–H and O–H groups in total. The van der Waals surface area contributed by atoms with Crippen molar-refractivity contribution < 1.29 is 0 Å². The van der Waals surface area contributed by atoms with Crippen LogP contribution in [-0.2, 0) is 6.54 Å². The molecule has 1 unspecified atom stereocenters. The third-order valence-electron chi connectivity index (χ3n) is 3.68. The van der Waals surface area contributed by atoms with E-state index in [1.54, 1.807) is 0 Å². The van der Waals surface area contributed by atoms with Crippen LogP contribution >= 0.6 is 11.6 Å². The molecule has 2 aromatic rings. The van der Waals surface area contributed by atoms with Crippen LogP contribution in [0.4, 0.5) is 0 Å². The average Bonchev–Trinajstić information content (AvgIpc) is 2.77. The number of benzene rings is 1. The highest BCUT2D eigenvalue weighted by molar-refractivity contribution is 6.31. The van der Waals surface area contributed by atoms with Crippen LogP contribution < -0.4 is 5.32 Å². The lowest BCUT2D eigenvalue weighted by molar-refractivity contribution is 0.388. The standard InChI is InChI=1S/C14H18ClN3/c1-2-18-13-7-6-10(15)9-12(13)17-14(18)11-5-3-4-8-16-11/h6-7,9,11,16H,2-5,8H2,1H3. The Hall–Kier alpha value is -1.06. The second-order valence-corrected chi connectivity index (χ2v) is 5.29. The van der Waals surface area contributed by atoms with Gasteiger partial charge in [0.15, 0.2) is 0 Å². The van der Waals surface area contributed by atoms with Gasteiger partial charge in [-0.25, -0.2) is 4.98 Å². The van der Waals surface area contributed by atoms with Crippen LogP contribution in [0.5, 0.6) is 0 Å². The topological polar surface area (TPSA) is 29.9 Å². The predicted octanol–water partition coefficient (Wildman–Crippen LogP) is 3.52.